The topological polar surface area (TPSA) is 81.7 Å². The molecule has 484 valence electrons. The highest BCUT2D eigenvalue weighted by atomic mass is 16.5. The van der Waals surface area contributed by atoms with E-state index in [1.807, 2.05) is 24.3 Å². The molecule has 6 aromatic carbocycles. The summed E-state index contributed by atoms with van der Waals surface area (Å²) in [5, 5.41) is 0. The van der Waals surface area contributed by atoms with E-state index in [0.717, 1.165) is 131 Å². The lowest BCUT2D eigenvalue weighted by molar-refractivity contribution is -0.150. The van der Waals surface area contributed by atoms with Crippen LogP contribution in [0.25, 0.3) is 11.1 Å². The molecule has 3 aliphatic rings. The van der Waals surface area contributed by atoms with Crippen LogP contribution in [0.5, 0.6) is 23.0 Å². The minimum absolute atomic E-state index is 0.0486. The Bertz CT molecular complexity index is 2850. The van der Waals surface area contributed by atoms with Crippen LogP contribution in [0.4, 0.5) is 0 Å². The molecule has 3 aliphatic carbocycles. The largest absolute Gasteiger partial charge is 0.494 e. The molecule has 0 bridgehead atoms. The van der Waals surface area contributed by atoms with Crippen LogP contribution in [-0.4, -0.2) is 57.8 Å². The molecule has 89 heavy (non-hydrogen) atoms. The zero-order chi connectivity index (χ0) is 62.8. The first-order chi connectivity index (χ1) is 43.4. The first-order valence-corrected chi connectivity index (χ1v) is 34.8. The highest BCUT2D eigenvalue weighted by Gasteiger charge is 2.24. The van der Waals surface area contributed by atoms with E-state index in [9.17, 15) is 4.79 Å². The van der Waals surface area contributed by atoms with Crippen molar-refractivity contribution in [1.29, 1.82) is 0 Å². The molecule has 3 fully saturated rings. The number of hydrogen-bond donors (Lipinski definition) is 0. The molecule has 8 heteroatoms. The number of esters is 1. The highest BCUT2D eigenvalue weighted by Crippen LogP contribution is 2.38. The summed E-state index contributed by atoms with van der Waals surface area (Å²) >= 11 is 0. The molecule has 0 aromatic heterocycles. The van der Waals surface area contributed by atoms with Crippen molar-refractivity contribution in [2.45, 2.75) is 228 Å². The molecule has 6 aromatic rings. The van der Waals surface area contributed by atoms with E-state index in [1.165, 1.54) is 146 Å². The van der Waals surface area contributed by atoms with Crippen molar-refractivity contribution in [3.05, 3.63) is 178 Å². The molecular weight excluding hydrogens is 1100 g/mol. The molecule has 0 heterocycles. The summed E-state index contributed by atoms with van der Waals surface area (Å²) in [6, 6.07) is 46.6. The van der Waals surface area contributed by atoms with Gasteiger partial charge in [0.25, 0.3) is 0 Å². The lowest BCUT2D eigenvalue weighted by atomic mass is 9.77. The maximum absolute atomic E-state index is 12.1. The van der Waals surface area contributed by atoms with Gasteiger partial charge in [-0.3, -0.25) is 4.79 Å². The molecule has 3 saturated carbocycles. The molecule has 8 nitrogen and oxygen atoms in total. The minimum atomic E-state index is -0.0486. The zero-order valence-electron chi connectivity index (χ0n) is 56.1. The van der Waals surface area contributed by atoms with Crippen LogP contribution in [0.1, 0.15) is 212 Å². The fourth-order valence-corrected chi connectivity index (χ4v) is 12.5. The number of carbonyl (C=O) groups is 1. The van der Waals surface area contributed by atoms with Crippen LogP contribution in [0.2, 0.25) is 0 Å². The van der Waals surface area contributed by atoms with E-state index >= 15 is 0 Å². The molecule has 0 saturated heterocycles. The normalized spacial score (nSPS) is 19.0. The van der Waals surface area contributed by atoms with Gasteiger partial charge in [0, 0.05) is 26.1 Å². The monoisotopic (exact) mass is 1210 g/mol. The third-order valence-corrected chi connectivity index (χ3v) is 18.7. The number of rotatable bonds is 31. The molecule has 0 radical (unpaired) electrons. The average Bonchev–Trinajstić information content (AvgIpc) is 3.53. The molecule has 0 N–H and O–H groups in total. The van der Waals surface area contributed by atoms with Gasteiger partial charge in [0.2, 0.25) is 0 Å². The summed E-state index contributed by atoms with van der Waals surface area (Å²) in [4.78, 5) is 12.1. The average molecular weight is 1210 g/mol. The first-order valence-electron chi connectivity index (χ1n) is 34.8. The Balaban J connectivity index is 0.000000193. The second kappa shape index (κ2) is 39.9. The van der Waals surface area contributed by atoms with Gasteiger partial charge in [-0.15, -0.1) is 0 Å². The molecule has 0 atom stereocenters. The summed E-state index contributed by atoms with van der Waals surface area (Å²) in [5.41, 5.74) is 12.6. The minimum Gasteiger partial charge on any atom is -0.494 e. The quantitative estimate of drug-likeness (QED) is 0.0315. The molecule has 0 spiro atoms. The van der Waals surface area contributed by atoms with Crippen LogP contribution < -0.4 is 18.9 Å². The van der Waals surface area contributed by atoms with Gasteiger partial charge in [0.15, 0.2) is 0 Å². The predicted molar refractivity (Wildman–Crippen MR) is 368 cm³/mol. The fourth-order valence-electron chi connectivity index (χ4n) is 12.5. The van der Waals surface area contributed by atoms with Gasteiger partial charge in [0.05, 0.1) is 32.5 Å². The SMILES string of the molecule is CCC1CCC(OC(=O)CCc2ccc(-c3ccc(C)cc3)cc2)CC1.CCC1CCC(c2ccc(OCCCCOCCCCCCOc3ccc(C)cc3C)c(C)c2)CC1.Cc1ccc(COc2ccc(OCCCOC3CCC(C)CC3)cc2)cc1. The summed E-state index contributed by atoms with van der Waals surface area (Å²) in [6.07, 6.45) is 27.1. The predicted octanol–water partition coefficient (Wildman–Crippen LogP) is 21.2. The second-order valence-corrected chi connectivity index (χ2v) is 26.2. The Morgan fingerprint density at radius 1 is 0.427 bits per heavy atom. The maximum atomic E-state index is 12.1. The number of carbonyl (C=O) groups excluding carboxylic acids is 1. The number of aryl methyl sites for hydroxylation is 6. The summed E-state index contributed by atoms with van der Waals surface area (Å²) in [7, 11) is 0. The summed E-state index contributed by atoms with van der Waals surface area (Å²) < 4.78 is 41.1. The number of hydrogen-bond acceptors (Lipinski definition) is 8. The van der Waals surface area contributed by atoms with Crippen LogP contribution in [0, 0.1) is 52.4 Å². The number of unbranched alkanes of at least 4 members (excludes halogenated alkanes) is 4. The zero-order valence-corrected chi connectivity index (χ0v) is 56.1. The molecule has 0 aliphatic heterocycles. The van der Waals surface area contributed by atoms with E-state index in [1.54, 1.807) is 0 Å². The van der Waals surface area contributed by atoms with Crippen molar-refractivity contribution in [3.8, 4) is 34.1 Å². The van der Waals surface area contributed by atoms with E-state index in [0.29, 0.717) is 25.7 Å². The second-order valence-electron chi connectivity index (χ2n) is 26.2. The van der Waals surface area contributed by atoms with E-state index in [4.69, 9.17) is 33.2 Å². The van der Waals surface area contributed by atoms with Crippen molar-refractivity contribution < 1.29 is 38.0 Å². The smallest absolute Gasteiger partial charge is 0.306 e. The van der Waals surface area contributed by atoms with Gasteiger partial charge in [-0.05, 0) is 249 Å². The Labute approximate surface area is 538 Å². The standard InChI is InChI=1S/C33H50O3.C24H32O3.C24H30O2/c1-5-29-13-15-30(16-14-29)31-17-19-33(28(4)25-31)36-23-11-10-21-34-20-8-6-7-9-22-35-32-18-12-26(2)24-27(32)3;1-19-4-8-21(9-5-19)18-27-24-14-12-23(13-15-24)26-17-3-16-25-22-10-6-20(2)7-11-22;1-3-19-8-15-23(16-9-19)26-24(25)17-10-20-6-13-22(14-7-20)21-11-4-18(2)5-12-21/h12,17-19,24-25,29-30H,5-11,13-16,20-23H2,1-4H3;4-5,8-9,12-15,20,22H,3,6-7,10-11,16-18H2,1-2H3;4-7,11-14,19,23H,3,8-10,15-17H2,1-2H3. The van der Waals surface area contributed by atoms with Crippen LogP contribution in [0.3, 0.4) is 0 Å². The highest BCUT2D eigenvalue weighted by molar-refractivity contribution is 5.70. The van der Waals surface area contributed by atoms with Gasteiger partial charge in [-0.1, -0.05) is 154 Å². The third-order valence-electron chi connectivity index (χ3n) is 18.7. The summed E-state index contributed by atoms with van der Waals surface area (Å²) in [5.74, 6) is 7.15. The van der Waals surface area contributed by atoms with E-state index < -0.39 is 0 Å². The third kappa shape index (κ3) is 26.7. The lowest BCUT2D eigenvalue weighted by Gasteiger charge is -2.28. The van der Waals surface area contributed by atoms with E-state index in [-0.39, 0.29) is 12.1 Å². The van der Waals surface area contributed by atoms with Gasteiger partial charge in [-0.25, -0.2) is 0 Å². The van der Waals surface area contributed by atoms with Gasteiger partial charge < -0.3 is 33.2 Å². The van der Waals surface area contributed by atoms with Crippen LogP contribution >= 0.6 is 0 Å². The molecule has 0 unspecified atom stereocenters. The van der Waals surface area contributed by atoms with Crippen molar-refractivity contribution in [3.63, 3.8) is 0 Å². The Morgan fingerprint density at radius 2 is 0.910 bits per heavy atom. The molecule has 9 rings (SSSR count). The van der Waals surface area contributed by atoms with Crippen molar-refractivity contribution in [1.82, 2.24) is 0 Å². The van der Waals surface area contributed by atoms with Gasteiger partial charge >= 0.3 is 5.97 Å². The Kier molecular flexibility index (Phi) is 31.6. The Morgan fingerprint density at radius 3 is 1.51 bits per heavy atom. The fraction of sp³-hybridized carbons (Fsp3) is 0.543. The van der Waals surface area contributed by atoms with Crippen LogP contribution in [0.15, 0.2) is 133 Å². The molecule has 0 amide bonds. The molecular formula is C81H112O8. The Hall–Kier alpha value is -6.09. The van der Waals surface area contributed by atoms with Crippen LogP contribution in [-0.2, 0) is 32.0 Å². The van der Waals surface area contributed by atoms with Crippen molar-refractivity contribution >= 4 is 5.97 Å². The first kappa shape index (κ1) is 70.4. The number of ether oxygens (including phenoxy) is 7. The maximum Gasteiger partial charge on any atom is 0.306 e. The summed E-state index contributed by atoms with van der Waals surface area (Å²) in [6.45, 7) is 22.8. The van der Waals surface area contributed by atoms with Crippen molar-refractivity contribution in [2.75, 3.05) is 39.6 Å². The number of benzene rings is 6. The van der Waals surface area contributed by atoms with Crippen molar-refractivity contribution in [2.24, 2.45) is 17.8 Å². The van der Waals surface area contributed by atoms with E-state index in [2.05, 4.69) is 165 Å². The van der Waals surface area contributed by atoms with Gasteiger partial charge in [-0.2, -0.15) is 0 Å². The lowest BCUT2D eigenvalue weighted by Crippen LogP contribution is -2.24. The van der Waals surface area contributed by atoms with Gasteiger partial charge in [0.1, 0.15) is 35.7 Å².